The van der Waals surface area contributed by atoms with E-state index in [1.165, 1.54) is 6.92 Å². The number of hydrogen-bond donors (Lipinski definition) is 0. The van der Waals surface area contributed by atoms with E-state index >= 15 is 0 Å². The fraction of sp³-hybridized carbons (Fsp3) is 0.667. The number of hydrogen-bond acceptors (Lipinski definition) is 4. The molecule has 4 nitrogen and oxygen atoms in total. The highest BCUT2D eigenvalue weighted by atomic mass is 19.4. The van der Waals surface area contributed by atoms with Gasteiger partial charge in [-0.3, -0.25) is 0 Å². The molecule has 1 rings (SSSR count). The molecule has 1 saturated heterocycles. The third-order valence-corrected chi connectivity index (χ3v) is 2.27. The molecule has 0 radical (unpaired) electrons. The summed E-state index contributed by atoms with van der Waals surface area (Å²) in [6.45, 7) is 1.15. The first kappa shape index (κ1) is 14.7. The predicted molar refractivity (Wildman–Crippen MR) is 46.7 cm³/mol. The molecule has 0 aromatic heterocycles. The number of alkyl halides is 3. The molecule has 2 atom stereocenters. The molecule has 0 amide bonds. The lowest BCUT2D eigenvalue weighted by Gasteiger charge is -2.24. The first-order valence-electron chi connectivity index (χ1n) is 4.71. The van der Waals surface area contributed by atoms with Crippen molar-refractivity contribution in [2.45, 2.75) is 31.9 Å². The van der Waals surface area contributed by atoms with Gasteiger partial charge in [-0.25, -0.2) is 9.18 Å². The third-order valence-electron chi connectivity index (χ3n) is 2.27. The molecule has 0 bridgehead atoms. The molecule has 2 unspecified atom stereocenters. The number of cyclic esters (lactones) is 2. The predicted octanol–water partition coefficient (Wildman–Crippen LogP) is 2.99. The standard InChI is InChI=1S/C9H9F5O4/c1-4-8(2,18-7(15)17-4)16-3-5(10)6(11)9(12,13)14/h4H,3H2,1-2H3/b6-5-. The minimum atomic E-state index is -5.43. The van der Waals surface area contributed by atoms with Crippen LogP contribution in [-0.4, -0.2) is 30.8 Å². The van der Waals surface area contributed by atoms with Gasteiger partial charge >= 0.3 is 12.3 Å². The van der Waals surface area contributed by atoms with Gasteiger partial charge in [-0.2, -0.15) is 17.6 Å². The molecule has 0 aliphatic carbocycles. The Morgan fingerprint density at radius 2 is 2.00 bits per heavy atom. The second-order valence-electron chi connectivity index (χ2n) is 3.63. The van der Waals surface area contributed by atoms with Crippen molar-refractivity contribution in [2.75, 3.05) is 6.61 Å². The zero-order valence-corrected chi connectivity index (χ0v) is 9.31. The fourth-order valence-electron chi connectivity index (χ4n) is 1.09. The van der Waals surface area contributed by atoms with Gasteiger partial charge in [-0.1, -0.05) is 0 Å². The lowest BCUT2D eigenvalue weighted by atomic mass is 10.2. The first-order chi connectivity index (χ1) is 8.06. The summed E-state index contributed by atoms with van der Waals surface area (Å²) in [4.78, 5) is 10.7. The summed E-state index contributed by atoms with van der Waals surface area (Å²) in [6.07, 6.45) is -7.50. The average molecular weight is 276 g/mol. The minimum absolute atomic E-state index is 0.966. The van der Waals surface area contributed by atoms with Gasteiger partial charge in [-0.05, 0) is 6.92 Å². The van der Waals surface area contributed by atoms with Crippen LogP contribution in [0.1, 0.15) is 13.8 Å². The van der Waals surface area contributed by atoms with Crippen LogP contribution in [0.5, 0.6) is 0 Å². The number of halogens is 5. The van der Waals surface area contributed by atoms with Gasteiger partial charge < -0.3 is 14.2 Å². The Labute approximate surface area is 98.3 Å². The van der Waals surface area contributed by atoms with Gasteiger partial charge in [0.05, 0.1) is 0 Å². The molecule has 0 N–H and O–H groups in total. The van der Waals surface area contributed by atoms with Crippen LogP contribution in [0.2, 0.25) is 0 Å². The number of carbonyl (C=O) groups excluding carboxylic acids is 1. The molecular formula is C9H9F5O4. The fourth-order valence-corrected chi connectivity index (χ4v) is 1.09. The molecule has 0 aromatic rings. The molecule has 0 aromatic carbocycles. The molecule has 0 saturated carbocycles. The van der Waals surface area contributed by atoms with Gasteiger partial charge in [0.15, 0.2) is 11.9 Å². The van der Waals surface area contributed by atoms with E-state index in [2.05, 4.69) is 14.2 Å². The second kappa shape index (κ2) is 4.71. The summed E-state index contributed by atoms with van der Waals surface area (Å²) in [7, 11) is 0. The van der Waals surface area contributed by atoms with Crippen molar-refractivity contribution in [3.8, 4) is 0 Å². The average Bonchev–Trinajstić information content (AvgIpc) is 2.47. The van der Waals surface area contributed by atoms with Crippen molar-refractivity contribution >= 4 is 6.16 Å². The maximum Gasteiger partial charge on any atom is 0.511 e. The number of ether oxygens (including phenoxy) is 3. The largest absolute Gasteiger partial charge is 0.511 e. The Balaban J connectivity index is 2.69. The van der Waals surface area contributed by atoms with E-state index in [0.29, 0.717) is 0 Å². The SMILES string of the molecule is CC1OC(=O)OC1(C)OC/C(F)=C(/F)C(F)(F)F. The van der Waals surface area contributed by atoms with E-state index in [4.69, 9.17) is 0 Å². The first-order valence-corrected chi connectivity index (χ1v) is 4.71. The number of carbonyl (C=O) groups is 1. The normalized spacial score (nSPS) is 29.7. The zero-order valence-electron chi connectivity index (χ0n) is 9.31. The van der Waals surface area contributed by atoms with E-state index in [0.717, 1.165) is 6.92 Å². The van der Waals surface area contributed by atoms with Crippen molar-refractivity contribution in [3.05, 3.63) is 11.7 Å². The lowest BCUT2D eigenvalue weighted by molar-refractivity contribution is -0.184. The summed E-state index contributed by atoms with van der Waals surface area (Å²) >= 11 is 0. The summed E-state index contributed by atoms with van der Waals surface area (Å²) in [5, 5.41) is 0. The van der Waals surface area contributed by atoms with Gasteiger partial charge in [0.25, 0.3) is 5.79 Å². The van der Waals surface area contributed by atoms with E-state index in [1.807, 2.05) is 0 Å². The second-order valence-corrected chi connectivity index (χ2v) is 3.63. The molecule has 1 fully saturated rings. The van der Waals surface area contributed by atoms with Crippen LogP contribution in [0, 0.1) is 0 Å². The minimum Gasteiger partial charge on any atom is -0.424 e. The molecule has 1 aliphatic heterocycles. The molecule has 1 aliphatic rings. The molecule has 104 valence electrons. The highest BCUT2D eigenvalue weighted by molar-refractivity contribution is 5.62. The van der Waals surface area contributed by atoms with E-state index in [9.17, 15) is 26.7 Å². The Bertz CT molecular complexity index is 378. The lowest BCUT2D eigenvalue weighted by Crippen LogP contribution is -2.38. The van der Waals surface area contributed by atoms with Crippen molar-refractivity contribution in [3.63, 3.8) is 0 Å². The highest BCUT2D eigenvalue weighted by Gasteiger charge is 2.47. The van der Waals surface area contributed by atoms with Crippen LogP contribution in [-0.2, 0) is 14.2 Å². The Kier molecular flexibility index (Phi) is 3.84. The zero-order chi connectivity index (χ0) is 14.1. The molecule has 1 heterocycles. The van der Waals surface area contributed by atoms with Crippen LogP contribution in [0.25, 0.3) is 0 Å². The van der Waals surface area contributed by atoms with E-state index in [-0.39, 0.29) is 0 Å². The van der Waals surface area contributed by atoms with Crippen molar-refractivity contribution in [1.29, 1.82) is 0 Å². The number of rotatable bonds is 3. The summed E-state index contributed by atoms with van der Waals surface area (Å²) in [5.74, 6) is -6.79. The van der Waals surface area contributed by atoms with Gasteiger partial charge in [0.1, 0.15) is 6.61 Å². The van der Waals surface area contributed by atoms with Gasteiger partial charge in [0, 0.05) is 6.92 Å². The Hall–Kier alpha value is -1.38. The van der Waals surface area contributed by atoms with Gasteiger partial charge in [-0.15, -0.1) is 0 Å². The van der Waals surface area contributed by atoms with E-state index < -0.39 is 42.5 Å². The van der Waals surface area contributed by atoms with Crippen molar-refractivity contribution in [2.24, 2.45) is 0 Å². The van der Waals surface area contributed by atoms with Crippen molar-refractivity contribution in [1.82, 2.24) is 0 Å². The molecule has 0 spiro atoms. The maximum absolute atomic E-state index is 12.8. The Morgan fingerprint density at radius 3 is 2.39 bits per heavy atom. The summed E-state index contributed by atoms with van der Waals surface area (Å²) in [5.41, 5.74) is 0. The summed E-state index contributed by atoms with van der Waals surface area (Å²) in [6, 6.07) is 0. The van der Waals surface area contributed by atoms with Crippen LogP contribution >= 0.6 is 0 Å². The van der Waals surface area contributed by atoms with E-state index in [1.54, 1.807) is 0 Å². The molecule has 9 heteroatoms. The van der Waals surface area contributed by atoms with Crippen LogP contribution < -0.4 is 0 Å². The van der Waals surface area contributed by atoms with Crippen LogP contribution in [0.4, 0.5) is 26.7 Å². The third kappa shape index (κ3) is 3.09. The quantitative estimate of drug-likeness (QED) is 0.587. The van der Waals surface area contributed by atoms with Crippen LogP contribution in [0.15, 0.2) is 11.7 Å². The van der Waals surface area contributed by atoms with Gasteiger partial charge in [0.2, 0.25) is 5.83 Å². The van der Waals surface area contributed by atoms with Crippen LogP contribution in [0.3, 0.4) is 0 Å². The Morgan fingerprint density at radius 1 is 1.44 bits per heavy atom. The smallest absolute Gasteiger partial charge is 0.424 e. The summed E-state index contributed by atoms with van der Waals surface area (Å²) < 4.78 is 74.2. The monoisotopic (exact) mass is 276 g/mol. The molecular weight excluding hydrogens is 267 g/mol. The van der Waals surface area contributed by atoms with Crippen molar-refractivity contribution < 1.29 is 41.0 Å². The maximum atomic E-state index is 12.8. The number of allylic oxidation sites excluding steroid dienone is 1. The molecule has 18 heavy (non-hydrogen) atoms. The topological polar surface area (TPSA) is 44.8 Å². The highest BCUT2D eigenvalue weighted by Crippen LogP contribution is 2.32.